The Bertz CT molecular complexity index is 669. The molecule has 0 aliphatic carbocycles. The molecule has 0 saturated heterocycles. The highest BCUT2D eigenvalue weighted by atomic mass is 35.5. The van der Waals surface area contributed by atoms with Gasteiger partial charge in [-0.1, -0.05) is 29.8 Å². The Labute approximate surface area is 130 Å². The lowest BCUT2D eigenvalue weighted by Gasteiger charge is -2.18. The summed E-state index contributed by atoms with van der Waals surface area (Å²) < 4.78 is 38.3. The average molecular weight is 332 g/mol. The maximum atomic E-state index is 12.4. The van der Waals surface area contributed by atoms with E-state index in [1.807, 2.05) is 0 Å². The van der Waals surface area contributed by atoms with Crippen LogP contribution >= 0.6 is 11.6 Å². The van der Waals surface area contributed by atoms with Gasteiger partial charge in [-0.25, -0.2) is 0 Å². The molecule has 0 bridgehead atoms. The van der Waals surface area contributed by atoms with Crippen LogP contribution in [-0.4, -0.2) is 27.6 Å². The normalized spacial score (nSPS) is 11.5. The summed E-state index contributed by atoms with van der Waals surface area (Å²) in [6.07, 6.45) is -3.39. The summed E-state index contributed by atoms with van der Waals surface area (Å²) in [5.74, 6) is -0.364. The summed E-state index contributed by atoms with van der Waals surface area (Å²) in [5.41, 5.74) is -0.259. The minimum atomic E-state index is -4.52. The van der Waals surface area contributed by atoms with Crippen molar-refractivity contribution in [3.63, 3.8) is 0 Å². The Balaban J connectivity index is 2.00. The van der Waals surface area contributed by atoms with Crippen LogP contribution in [0.4, 0.5) is 13.2 Å². The second kappa shape index (κ2) is 6.39. The first-order valence-corrected chi connectivity index (χ1v) is 6.73. The van der Waals surface area contributed by atoms with Crippen LogP contribution in [0.25, 0.3) is 0 Å². The van der Waals surface area contributed by atoms with Crippen LogP contribution in [0.3, 0.4) is 0 Å². The van der Waals surface area contributed by atoms with Crippen molar-refractivity contribution in [1.29, 1.82) is 0 Å². The van der Waals surface area contributed by atoms with E-state index in [0.29, 0.717) is 5.02 Å². The van der Waals surface area contributed by atoms with Crippen LogP contribution < -0.4 is 0 Å². The van der Waals surface area contributed by atoms with Crippen molar-refractivity contribution in [1.82, 2.24) is 14.7 Å². The van der Waals surface area contributed by atoms with Gasteiger partial charge in [0.05, 0.1) is 0 Å². The van der Waals surface area contributed by atoms with Crippen molar-refractivity contribution in [2.24, 2.45) is 0 Å². The average Bonchev–Trinajstić information content (AvgIpc) is 2.89. The SMILES string of the molecule is CN(Cc1ccccc1Cl)C(=O)Cn1ccc(C(F)(F)F)n1. The zero-order valence-corrected chi connectivity index (χ0v) is 12.4. The van der Waals surface area contributed by atoms with Crippen molar-refractivity contribution in [3.8, 4) is 0 Å². The number of likely N-dealkylation sites (N-methyl/N-ethyl adjacent to an activating group) is 1. The van der Waals surface area contributed by atoms with E-state index < -0.39 is 11.9 Å². The highest BCUT2D eigenvalue weighted by Gasteiger charge is 2.33. The first kappa shape index (κ1) is 16.4. The molecule has 0 N–H and O–H groups in total. The molecular formula is C14H13ClF3N3O. The van der Waals surface area contributed by atoms with E-state index in [-0.39, 0.29) is 19.0 Å². The Morgan fingerprint density at radius 2 is 2.00 bits per heavy atom. The van der Waals surface area contributed by atoms with Crippen LogP contribution in [-0.2, 0) is 24.1 Å². The second-order valence-electron chi connectivity index (χ2n) is 4.74. The molecule has 1 aromatic heterocycles. The molecule has 0 atom stereocenters. The Morgan fingerprint density at radius 1 is 1.32 bits per heavy atom. The molecule has 0 spiro atoms. The first-order valence-electron chi connectivity index (χ1n) is 6.35. The van der Waals surface area contributed by atoms with Gasteiger partial charge >= 0.3 is 6.18 Å². The predicted octanol–water partition coefficient (Wildman–Crippen LogP) is 3.21. The van der Waals surface area contributed by atoms with Crippen LogP contribution in [0, 0.1) is 0 Å². The number of hydrogen-bond donors (Lipinski definition) is 0. The number of nitrogens with zero attached hydrogens (tertiary/aromatic N) is 3. The third-order valence-electron chi connectivity index (χ3n) is 3.02. The van der Waals surface area contributed by atoms with Crippen molar-refractivity contribution >= 4 is 17.5 Å². The molecule has 118 valence electrons. The van der Waals surface area contributed by atoms with Crippen LogP contribution in [0.1, 0.15) is 11.3 Å². The molecule has 0 radical (unpaired) electrons. The third-order valence-corrected chi connectivity index (χ3v) is 3.39. The summed E-state index contributed by atoms with van der Waals surface area (Å²) >= 11 is 6.01. The molecule has 0 aliphatic rings. The molecule has 0 unspecified atom stereocenters. The fourth-order valence-corrected chi connectivity index (χ4v) is 2.03. The number of alkyl halides is 3. The smallest absolute Gasteiger partial charge is 0.340 e. The van der Waals surface area contributed by atoms with Gasteiger partial charge in [-0.2, -0.15) is 18.3 Å². The Morgan fingerprint density at radius 3 is 2.59 bits per heavy atom. The van der Waals surface area contributed by atoms with Gasteiger partial charge in [0.25, 0.3) is 0 Å². The number of rotatable bonds is 4. The molecule has 4 nitrogen and oxygen atoms in total. The van der Waals surface area contributed by atoms with E-state index in [2.05, 4.69) is 5.10 Å². The number of halogens is 4. The number of aromatic nitrogens is 2. The third kappa shape index (κ3) is 4.00. The van der Waals surface area contributed by atoms with Gasteiger partial charge in [0.2, 0.25) is 5.91 Å². The number of hydrogen-bond acceptors (Lipinski definition) is 2. The predicted molar refractivity (Wildman–Crippen MR) is 75.2 cm³/mol. The number of carbonyl (C=O) groups is 1. The van der Waals surface area contributed by atoms with Gasteiger partial charge in [-0.15, -0.1) is 0 Å². The van der Waals surface area contributed by atoms with Gasteiger partial charge in [0.15, 0.2) is 5.69 Å². The molecule has 1 heterocycles. The van der Waals surface area contributed by atoms with E-state index in [1.54, 1.807) is 31.3 Å². The van der Waals surface area contributed by atoms with Gasteiger partial charge in [0.1, 0.15) is 6.54 Å². The maximum Gasteiger partial charge on any atom is 0.435 e. The molecule has 0 saturated carbocycles. The van der Waals surface area contributed by atoms with Crippen LogP contribution in [0.2, 0.25) is 5.02 Å². The summed E-state index contributed by atoms with van der Waals surface area (Å²) in [6.45, 7) is 0.00291. The molecule has 2 aromatic rings. The Kier molecular flexibility index (Phi) is 4.75. The van der Waals surface area contributed by atoms with Gasteiger partial charge in [-0.05, 0) is 17.7 Å². The van der Waals surface area contributed by atoms with Crippen molar-refractivity contribution < 1.29 is 18.0 Å². The van der Waals surface area contributed by atoms with Gasteiger partial charge in [0, 0.05) is 24.8 Å². The number of carbonyl (C=O) groups excluding carboxylic acids is 1. The monoisotopic (exact) mass is 331 g/mol. The summed E-state index contributed by atoms with van der Waals surface area (Å²) in [4.78, 5) is 13.4. The van der Waals surface area contributed by atoms with Crippen molar-refractivity contribution in [3.05, 3.63) is 52.8 Å². The Hall–Kier alpha value is -2.02. The first-order chi connectivity index (χ1) is 10.3. The summed E-state index contributed by atoms with van der Waals surface area (Å²) in [5, 5.41) is 3.87. The topological polar surface area (TPSA) is 38.1 Å². The molecule has 2 rings (SSSR count). The highest BCUT2D eigenvalue weighted by Crippen LogP contribution is 2.27. The second-order valence-corrected chi connectivity index (χ2v) is 5.14. The highest BCUT2D eigenvalue weighted by molar-refractivity contribution is 6.31. The molecule has 1 aromatic carbocycles. The molecular weight excluding hydrogens is 319 g/mol. The molecule has 22 heavy (non-hydrogen) atoms. The van der Waals surface area contributed by atoms with Gasteiger partial charge in [-0.3, -0.25) is 9.48 Å². The summed E-state index contributed by atoms with van der Waals surface area (Å²) in [7, 11) is 1.56. The quantitative estimate of drug-likeness (QED) is 0.863. The van der Waals surface area contributed by atoms with E-state index in [1.165, 1.54) is 4.90 Å². The fourth-order valence-electron chi connectivity index (χ4n) is 1.83. The van der Waals surface area contributed by atoms with E-state index in [9.17, 15) is 18.0 Å². The summed E-state index contributed by atoms with van der Waals surface area (Å²) in [6, 6.07) is 7.89. The van der Waals surface area contributed by atoms with Crippen molar-refractivity contribution in [2.45, 2.75) is 19.3 Å². The maximum absolute atomic E-state index is 12.4. The van der Waals surface area contributed by atoms with E-state index >= 15 is 0 Å². The molecule has 0 aliphatic heterocycles. The van der Waals surface area contributed by atoms with Crippen LogP contribution in [0.15, 0.2) is 36.5 Å². The standard InChI is InChI=1S/C14H13ClF3N3O/c1-20(8-10-4-2-3-5-11(10)15)13(22)9-21-7-6-12(19-21)14(16,17)18/h2-7H,8-9H2,1H3. The largest absolute Gasteiger partial charge is 0.435 e. The number of amides is 1. The molecule has 1 amide bonds. The zero-order chi connectivity index (χ0) is 16.3. The number of benzene rings is 1. The lowest BCUT2D eigenvalue weighted by Crippen LogP contribution is -2.30. The minimum Gasteiger partial charge on any atom is -0.340 e. The lowest BCUT2D eigenvalue weighted by atomic mass is 10.2. The fraction of sp³-hybridized carbons (Fsp3) is 0.286. The van der Waals surface area contributed by atoms with Crippen LogP contribution in [0.5, 0.6) is 0 Å². The molecule has 8 heteroatoms. The van der Waals surface area contributed by atoms with Gasteiger partial charge < -0.3 is 4.90 Å². The zero-order valence-electron chi connectivity index (χ0n) is 11.6. The minimum absolute atomic E-state index is 0.267. The molecule has 0 fully saturated rings. The lowest BCUT2D eigenvalue weighted by molar-refractivity contribution is -0.142. The van der Waals surface area contributed by atoms with Crippen molar-refractivity contribution in [2.75, 3.05) is 7.05 Å². The van der Waals surface area contributed by atoms with E-state index in [4.69, 9.17) is 11.6 Å². The van der Waals surface area contributed by atoms with E-state index in [0.717, 1.165) is 22.5 Å².